The van der Waals surface area contributed by atoms with Crippen LogP contribution >= 0.6 is 11.6 Å². The van der Waals surface area contributed by atoms with Crippen LogP contribution in [0.3, 0.4) is 0 Å². The first kappa shape index (κ1) is 13.9. The summed E-state index contributed by atoms with van der Waals surface area (Å²) < 4.78 is 14.2. The van der Waals surface area contributed by atoms with Gasteiger partial charge in [-0.15, -0.1) is 11.6 Å². The van der Waals surface area contributed by atoms with Crippen molar-refractivity contribution in [1.82, 2.24) is 0 Å². The molecule has 70 valence electrons. The fraction of sp³-hybridized carbons (Fsp3) is 1.00. The number of hydrogen-bond donors (Lipinski definition) is 0. The Morgan fingerprint density at radius 2 is 1.36 bits per heavy atom. The van der Waals surface area contributed by atoms with Crippen molar-refractivity contribution in [3.63, 3.8) is 0 Å². The van der Waals surface area contributed by atoms with Gasteiger partial charge in [0.1, 0.15) is 0 Å². The van der Waals surface area contributed by atoms with Gasteiger partial charge in [-0.05, 0) is 6.42 Å². The van der Waals surface area contributed by atoms with Crippen LogP contribution in [0.5, 0.6) is 0 Å². The van der Waals surface area contributed by atoms with Crippen LogP contribution in [0.2, 0.25) is 0 Å². The van der Waals surface area contributed by atoms with Gasteiger partial charge in [-0.3, -0.25) is 0 Å². The molecule has 0 aromatic rings. The topological polar surface area (TPSA) is 27.7 Å². The molecule has 0 aliphatic heterocycles. The average Bonchev–Trinajstić information content (AvgIpc) is 2.08. The first-order valence-corrected chi connectivity index (χ1v) is 5.35. The van der Waals surface area contributed by atoms with Crippen LogP contribution in [0.15, 0.2) is 0 Å². The minimum Gasteiger partial charge on any atom is -0.379 e. The van der Waals surface area contributed by atoms with Crippen LogP contribution in [-0.2, 0) is 13.3 Å². The third-order valence-electron chi connectivity index (χ3n) is 0.766. The van der Waals surface area contributed by atoms with Gasteiger partial charge in [0.05, 0.1) is 0 Å². The molecule has 0 aromatic carbocycles. The fourth-order valence-corrected chi connectivity index (χ4v) is 0.866. The quantitative estimate of drug-likeness (QED) is 0.506. The number of halogens is 1. The Morgan fingerprint density at radius 3 is 1.36 bits per heavy atom. The van der Waals surface area contributed by atoms with Crippen LogP contribution in [0.25, 0.3) is 0 Å². The van der Waals surface area contributed by atoms with E-state index in [0.29, 0.717) is 0 Å². The largest absolute Gasteiger partial charge is 0.483 e. The summed E-state index contributed by atoms with van der Waals surface area (Å²) in [5.74, 6) is 0.792. The number of alkyl halides is 1. The number of hydrogen-bond acceptors (Lipinski definition) is 3. The van der Waals surface area contributed by atoms with Crippen molar-refractivity contribution >= 4 is 21.1 Å². The molecule has 0 heterocycles. The minimum absolute atomic E-state index is 0.792. The van der Waals surface area contributed by atoms with Crippen LogP contribution in [0.4, 0.5) is 0 Å². The summed E-state index contributed by atoms with van der Waals surface area (Å²) in [5, 5.41) is 0. The highest BCUT2D eigenvalue weighted by Crippen LogP contribution is 1.81. The van der Waals surface area contributed by atoms with Gasteiger partial charge in [0.25, 0.3) is 0 Å². The highest BCUT2D eigenvalue weighted by Gasteiger charge is 2.04. The van der Waals surface area contributed by atoms with Crippen LogP contribution in [-0.4, -0.2) is 36.7 Å². The van der Waals surface area contributed by atoms with Crippen molar-refractivity contribution in [3.8, 4) is 0 Å². The molecule has 0 saturated heterocycles. The van der Waals surface area contributed by atoms with Crippen molar-refractivity contribution in [2.75, 3.05) is 27.2 Å². The van der Waals surface area contributed by atoms with Gasteiger partial charge >= 0.3 is 9.53 Å². The molecule has 0 spiro atoms. The van der Waals surface area contributed by atoms with Crippen molar-refractivity contribution in [1.29, 1.82) is 0 Å². The molecule has 5 heteroatoms. The molecule has 0 fully saturated rings. The van der Waals surface area contributed by atoms with E-state index < -0.39 is 9.53 Å². The van der Waals surface area contributed by atoms with E-state index in [1.807, 2.05) is 6.92 Å². The molecule has 0 aliphatic carbocycles. The van der Waals surface area contributed by atoms with E-state index in [2.05, 4.69) is 0 Å². The fourth-order valence-electron chi connectivity index (χ4n) is 0.289. The van der Waals surface area contributed by atoms with E-state index in [4.69, 9.17) is 24.9 Å². The molecule has 0 bridgehead atoms. The summed E-state index contributed by atoms with van der Waals surface area (Å²) >= 11 is 5.19. The van der Waals surface area contributed by atoms with Crippen molar-refractivity contribution in [2.24, 2.45) is 0 Å². The van der Waals surface area contributed by atoms with Crippen LogP contribution < -0.4 is 0 Å². The molecule has 0 atom stereocenters. The third-order valence-corrected chi connectivity index (χ3v) is 2.30. The molecular formula is C6H17ClO3Si. The molecule has 0 radical (unpaired) electrons. The monoisotopic (exact) mass is 200 g/mol. The molecule has 0 unspecified atom stereocenters. The van der Waals surface area contributed by atoms with E-state index >= 15 is 0 Å². The minimum atomic E-state index is -1.67. The van der Waals surface area contributed by atoms with E-state index in [1.165, 1.54) is 0 Å². The Morgan fingerprint density at radius 1 is 1.09 bits per heavy atom. The number of rotatable bonds is 4. The van der Waals surface area contributed by atoms with Gasteiger partial charge in [-0.1, -0.05) is 6.92 Å². The lowest BCUT2D eigenvalue weighted by atomic mass is 10.6. The average molecular weight is 201 g/mol. The van der Waals surface area contributed by atoms with Gasteiger partial charge in [-0.2, -0.15) is 0 Å². The lowest BCUT2D eigenvalue weighted by molar-refractivity contribution is 0.163. The summed E-state index contributed by atoms with van der Waals surface area (Å²) in [6.07, 6.45) is 1.08. The Balaban J connectivity index is 0. The molecule has 0 aromatic heterocycles. The zero-order chi connectivity index (χ0) is 9.11. The summed E-state index contributed by atoms with van der Waals surface area (Å²) in [6, 6.07) is 0. The van der Waals surface area contributed by atoms with Crippen LogP contribution in [0.1, 0.15) is 13.3 Å². The highest BCUT2D eigenvalue weighted by atomic mass is 35.5. The lowest BCUT2D eigenvalue weighted by Crippen LogP contribution is -2.21. The second kappa shape index (κ2) is 13.0. The van der Waals surface area contributed by atoms with Crippen molar-refractivity contribution < 1.29 is 13.3 Å². The van der Waals surface area contributed by atoms with Crippen LogP contribution in [0, 0.1) is 0 Å². The molecule has 0 N–H and O–H groups in total. The molecule has 0 amide bonds. The summed E-state index contributed by atoms with van der Waals surface area (Å²) in [5.41, 5.74) is 0. The first-order chi connectivity index (χ1) is 5.26. The Bertz CT molecular complexity index is 54.3. The first-order valence-electron chi connectivity index (χ1n) is 3.41. The standard InChI is InChI=1S/C3H7Cl.C3H10O3Si/c1-2-3-4;1-4-7(5-2)6-3/h2-3H2,1H3;7H,1-3H3. The third kappa shape index (κ3) is 13.4. The Kier molecular flexibility index (Phi) is 16.5. The van der Waals surface area contributed by atoms with E-state index in [1.54, 1.807) is 21.3 Å². The van der Waals surface area contributed by atoms with E-state index in [9.17, 15) is 0 Å². The second-order valence-electron chi connectivity index (χ2n) is 1.68. The smallest absolute Gasteiger partial charge is 0.379 e. The Labute approximate surface area is 75.6 Å². The molecule has 0 aliphatic rings. The SMILES string of the molecule is CCCCl.CO[SiH](OC)OC. The molecule has 3 nitrogen and oxygen atoms in total. The van der Waals surface area contributed by atoms with Gasteiger partial charge < -0.3 is 13.3 Å². The van der Waals surface area contributed by atoms with Gasteiger partial charge in [0.2, 0.25) is 0 Å². The summed E-state index contributed by atoms with van der Waals surface area (Å²) in [7, 11) is 3.05. The van der Waals surface area contributed by atoms with Gasteiger partial charge in [-0.25, -0.2) is 0 Å². The maximum Gasteiger partial charge on any atom is 0.483 e. The second-order valence-corrected chi connectivity index (χ2v) is 4.05. The predicted octanol–water partition coefficient (Wildman–Crippen LogP) is 1.28. The van der Waals surface area contributed by atoms with Gasteiger partial charge in [0.15, 0.2) is 0 Å². The molecule has 0 saturated carbocycles. The molecule has 11 heavy (non-hydrogen) atoms. The summed E-state index contributed by atoms with van der Waals surface area (Å²) in [4.78, 5) is 0. The van der Waals surface area contributed by atoms with Crippen molar-refractivity contribution in [3.05, 3.63) is 0 Å². The van der Waals surface area contributed by atoms with E-state index in [-0.39, 0.29) is 0 Å². The predicted molar refractivity (Wildman–Crippen MR) is 49.2 cm³/mol. The highest BCUT2D eigenvalue weighted by molar-refractivity contribution is 6.36. The maximum absolute atomic E-state index is 5.19. The zero-order valence-corrected chi connectivity index (χ0v) is 9.50. The van der Waals surface area contributed by atoms with Gasteiger partial charge in [0, 0.05) is 27.2 Å². The lowest BCUT2D eigenvalue weighted by Gasteiger charge is -2.05. The normalized spacial score (nSPS) is 9.27. The molecular weight excluding hydrogens is 184 g/mol. The summed E-state index contributed by atoms with van der Waals surface area (Å²) in [6.45, 7) is 2.05. The zero-order valence-electron chi connectivity index (χ0n) is 7.59. The van der Waals surface area contributed by atoms with Crippen molar-refractivity contribution in [2.45, 2.75) is 13.3 Å². The molecule has 0 rings (SSSR count). The van der Waals surface area contributed by atoms with E-state index in [0.717, 1.165) is 12.3 Å². The maximum atomic E-state index is 5.19. The Hall–Kier alpha value is 0.387.